The van der Waals surface area contributed by atoms with Crippen molar-refractivity contribution in [1.29, 1.82) is 0 Å². The normalized spacial score (nSPS) is 16.2. The molecule has 0 bridgehead atoms. The summed E-state index contributed by atoms with van der Waals surface area (Å²) in [5.41, 5.74) is 1.16. The summed E-state index contributed by atoms with van der Waals surface area (Å²) >= 11 is 2.00. The molecule has 1 aliphatic rings. The molecule has 1 aromatic heterocycles. The van der Waals surface area contributed by atoms with Crippen molar-refractivity contribution in [1.82, 2.24) is 15.3 Å². The first-order chi connectivity index (χ1) is 8.40. The third-order valence-electron chi connectivity index (χ3n) is 2.74. The maximum absolute atomic E-state index is 4.45. The van der Waals surface area contributed by atoms with Crippen molar-refractivity contribution >= 4 is 17.7 Å². The summed E-state index contributed by atoms with van der Waals surface area (Å²) in [7, 11) is 0. The van der Waals surface area contributed by atoms with E-state index in [0.29, 0.717) is 0 Å². The Labute approximate surface area is 107 Å². The Morgan fingerprint density at radius 1 is 1.29 bits per heavy atom. The van der Waals surface area contributed by atoms with Crippen LogP contribution in [-0.4, -0.2) is 41.1 Å². The van der Waals surface area contributed by atoms with Gasteiger partial charge < -0.3 is 10.2 Å². The lowest BCUT2D eigenvalue weighted by molar-refractivity contribution is 0.671. The molecule has 1 N–H and O–H groups in total. The molecular weight excluding hydrogens is 232 g/mol. The van der Waals surface area contributed by atoms with E-state index in [2.05, 4.69) is 27.1 Å². The van der Waals surface area contributed by atoms with Crippen LogP contribution in [0.1, 0.15) is 18.9 Å². The van der Waals surface area contributed by atoms with Crippen molar-refractivity contribution in [2.45, 2.75) is 19.9 Å². The first kappa shape index (κ1) is 12.6. The summed E-state index contributed by atoms with van der Waals surface area (Å²) in [4.78, 5) is 11.2. The highest BCUT2D eigenvalue weighted by atomic mass is 32.2. The minimum Gasteiger partial charge on any atom is -0.339 e. The fraction of sp³-hybridized carbons (Fsp3) is 0.667. The van der Waals surface area contributed by atoms with Gasteiger partial charge in [0.25, 0.3) is 0 Å². The Morgan fingerprint density at radius 3 is 2.65 bits per heavy atom. The van der Waals surface area contributed by atoms with E-state index in [1.807, 2.05) is 24.2 Å². The Hall–Kier alpha value is -0.810. The molecule has 2 rings (SSSR count). The Balaban J connectivity index is 1.88. The highest BCUT2D eigenvalue weighted by Gasteiger charge is 2.12. The van der Waals surface area contributed by atoms with Gasteiger partial charge in [-0.2, -0.15) is 11.8 Å². The number of nitrogens with one attached hydrogen (secondary N) is 1. The van der Waals surface area contributed by atoms with Gasteiger partial charge in [0, 0.05) is 49.1 Å². The summed E-state index contributed by atoms with van der Waals surface area (Å²) in [6.45, 7) is 6.21. The smallest absolute Gasteiger partial charge is 0.225 e. The van der Waals surface area contributed by atoms with Crippen LogP contribution in [-0.2, 0) is 6.54 Å². The van der Waals surface area contributed by atoms with Gasteiger partial charge in [-0.15, -0.1) is 0 Å². The maximum atomic E-state index is 4.45. The zero-order chi connectivity index (χ0) is 11.9. The van der Waals surface area contributed by atoms with Gasteiger partial charge in [0.2, 0.25) is 5.95 Å². The molecule has 0 saturated carbocycles. The number of hydrogen-bond acceptors (Lipinski definition) is 5. The van der Waals surface area contributed by atoms with Gasteiger partial charge >= 0.3 is 0 Å². The Kier molecular flexibility index (Phi) is 5.07. The van der Waals surface area contributed by atoms with Gasteiger partial charge in [0.1, 0.15) is 0 Å². The van der Waals surface area contributed by atoms with E-state index < -0.39 is 0 Å². The van der Waals surface area contributed by atoms with Crippen LogP contribution in [0.2, 0.25) is 0 Å². The molecular formula is C12H20N4S. The summed E-state index contributed by atoms with van der Waals surface area (Å²) in [5, 5.41) is 3.35. The second kappa shape index (κ2) is 6.81. The fourth-order valence-corrected chi connectivity index (χ4v) is 2.68. The number of anilines is 1. The molecule has 4 nitrogen and oxygen atoms in total. The lowest BCUT2D eigenvalue weighted by Crippen LogP contribution is -2.33. The van der Waals surface area contributed by atoms with Gasteiger partial charge in [-0.25, -0.2) is 9.97 Å². The summed E-state index contributed by atoms with van der Waals surface area (Å²) in [6, 6.07) is 0. The molecule has 17 heavy (non-hydrogen) atoms. The molecule has 1 saturated heterocycles. The van der Waals surface area contributed by atoms with Crippen LogP contribution in [0.25, 0.3) is 0 Å². The van der Waals surface area contributed by atoms with E-state index in [1.54, 1.807) is 0 Å². The molecule has 0 atom stereocenters. The van der Waals surface area contributed by atoms with E-state index in [4.69, 9.17) is 0 Å². The first-order valence-corrected chi connectivity index (χ1v) is 7.40. The lowest BCUT2D eigenvalue weighted by atomic mass is 10.3. The molecule has 1 aromatic rings. The molecule has 0 amide bonds. The van der Waals surface area contributed by atoms with Crippen LogP contribution in [0.15, 0.2) is 12.4 Å². The van der Waals surface area contributed by atoms with E-state index >= 15 is 0 Å². The van der Waals surface area contributed by atoms with Gasteiger partial charge in [0.05, 0.1) is 0 Å². The highest BCUT2D eigenvalue weighted by Crippen LogP contribution is 2.14. The second-order valence-electron chi connectivity index (χ2n) is 4.17. The van der Waals surface area contributed by atoms with E-state index in [9.17, 15) is 0 Å². The summed E-state index contributed by atoms with van der Waals surface area (Å²) in [6.07, 6.45) is 5.03. The third-order valence-corrected chi connectivity index (χ3v) is 3.68. The van der Waals surface area contributed by atoms with E-state index in [0.717, 1.165) is 44.1 Å². The van der Waals surface area contributed by atoms with Crippen LogP contribution in [0.4, 0.5) is 5.95 Å². The van der Waals surface area contributed by atoms with Gasteiger partial charge in [0.15, 0.2) is 0 Å². The van der Waals surface area contributed by atoms with Crippen LogP contribution >= 0.6 is 11.8 Å². The predicted molar refractivity (Wildman–Crippen MR) is 73.6 cm³/mol. The average molecular weight is 252 g/mol. The number of thioether (sulfide) groups is 1. The average Bonchev–Trinajstić information content (AvgIpc) is 2.41. The zero-order valence-electron chi connectivity index (χ0n) is 10.4. The Bertz CT molecular complexity index is 322. The Morgan fingerprint density at radius 2 is 2.00 bits per heavy atom. The highest BCUT2D eigenvalue weighted by molar-refractivity contribution is 7.99. The van der Waals surface area contributed by atoms with Crippen molar-refractivity contribution in [2.24, 2.45) is 0 Å². The minimum atomic E-state index is 0.865. The standard InChI is InChI=1S/C12H20N4S/c1-2-3-13-8-11-9-14-12(15-10-11)16-4-6-17-7-5-16/h9-10,13H,2-8H2,1H3. The molecule has 0 spiro atoms. The van der Waals surface area contributed by atoms with Crippen molar-refractivity contribution < 1.29 is 0 Å². The number of hydrogen-bond donors (Lipinski definition) is 1. The maximum Gasteiger partial charge on any atom is 0.225 e. The van der Waals surface area contributed by atoms with Crippen molar-refractivity contribution in [3.63, 3.8) is 0 Å². The molecule has 94 valence electrons. The van der Waals surface area contributed by atoms with Gasteiger partial charge in [-0.1, -0.05) is 6.92 Å². The number of aromatic nitrogens is 2. The second-order valence-corrected chi connectivity index (χ2v) is 5.39. The van der Waals surface area contributed by atoms with Gasteiger partial charge in [-0.05, 0) is 13.0 Å². The largest absolute Gasteiger partial charge is 0.339 e. The van der Waals surface area contributed by atoms with Crippen LogP contribution in [0.5, 0.6) is 0 Å². The molecule has 1 aliphatic heterocycles. The topological polar surface area (TPSA) is 41.1 Å². The molecule has 0 aliphatic carbocycles. The van der Waals surface area contributed by atoms with Crippen molar-refractivity contribution in [3.8, 4) is 0 Å². The SMILES string of the molecule is CCCNCc1cnc(N2CCSCC2)nc1. The van der Waals surface area contributed by atoms with E-state index in [1.165, 1.54) is 11.5 Å². The lowest BCUT2D eigenvalue weighted by Gasteiger charge is -2.26. The molecule has 0 aromatic carbocycles. The molecule has 0 unspecified atom stereocenters. The number of rotatable bonds is 5. The van der Waals surface area contributed by atoms with Gasteiger partial charge in [-0.3, -0.25) is 0 Å². The number of nitrogens with zero attached hydrogens (tertiary/aromatic N) is 3. The third kappa shape index (κ3) is 3.85. The molecule has 0 radical (unpaired) electrons. The monoisotopic (exact) mass is 252 g/mol. The van der Waals surface area contributed by atoms with Crippen LogP contribution in [0, 0.1) is 0 Å². The summed E-state index contributed by atoms with van der Waals surface area (Å²) < 4.78 is 0. The van der Waals surface area contributed by atoms with Crippen LogP contribution in [0.3, 0.4) is 0 Å². The molecule has 2 heterocycles. The summed E-state index contributed by atoms with van der Waals surface area (Å²) in [5.74, 6) is 3.25. The first-order valence-electron chi connectivity index (χ1n) is 6.24. The van der Waals surface area contributed by atoms with Crippen molar-refractivity contribution in [2.75, 3.05) is 36.0 Å². The zero-order valence-corrected chi connectivity index (χ0v) is 11.2. The molecule has 5 heteroatoms. The van der Waals surface area contributed by atoms with Crippen molar-refractivity contribution in [3.05, 3.63) is 18.0 Å². The fourth-order valence-electron chi connectivity index (χ4n) is 1.78. The quantitative estimate of drug-likeness (QED) is 0.805. The predicted octanol–water partition coefficient (Wildman–Crippen LogP) is 1.53. The minimum absolute atomic E-state index is 0.865. The molecule has 1 fully saturated rings. The van der Waals surface area contributed by atoms with E-state index in [-0.39, 0.29) is 0 Å². The van der Waals surface area contributed by atoms with Crippen LogP contribution < -0.4 is 10.2 Å².